The molecule has 1 N–H and O–H groups in total. The molecule has 7 heteroatoms. The van der Waals surface area contributed by atoms with E-state index in [9.17, 15) is 4.79 Å². The molecule has 1 saturated carbocycles. The number of amides is 1. The van der Waals surface area contributed by atoms with Gasteiger partial charge in [-0.3, -0.25) is 4.79 Å². The van der Waals surface area contributed by atoms with Gasteiger partial charge in [0.2, 0.25) is 5.91 Å². The monoisotopic (exact) mass is 335 g/mol. The summed E-state index contributed by atoms with van der Waals surface area (Å²) in [5.74, 6) is 0.201. The van der Waals surface area contributed by atoms with Crippen molar-refractivity contribution in [3.05, 3.63) is 18.7 Å². The normalized spacial score (nSPS) is 36.8. The molecule has 24 heavy (non-hydrogen) atoms. The number of nitrogens with one attached hydrogen (secondary N) is 1. The SMILES string of the molecule is O=C(N[C@@H]1COC[C@@H]1n1ccnc1)C1CCC2(CC1)COCCO2. The van der Waals surface area contributed by atoms with Gasteiger partial charge in [0, 0.05) is 18.3 Å². The van der Waals surface area contributed by atoms with E-state index in [1.807, 2.05) is 10.8 Å². The van der Waals surface area contributed by atoms with Gasteiger partial charge in [0.15, 0.2) is 0 Å². The van der Waals surface area contributed by atoms with Crippen molar-refractivity contribution < 1.29 is 19.0 Å². The van der Waals surface area contributed by atoms with Gasteiger partial charge >= 0.3 is 0 Å². The molecular weight excluding hydrogens is 310 g/mol. The first-order chi connectivity index (χ1) is 11.8. The summed E-state index contributed by atoms with van der Waals surface area (Å²) in [6, 6.07) is 0.137. The Balaban J connectivity index is 1.32. The molecule has 0 aromatic carbocycles. The highest BCUT2D eigenvalue weighted by Crippen LogP contribution is 2.37. The number of rotatable bonds is 3. The van der Waals surface area contributed by atoms with Crippen LogP contribution in [0.3, 0.4) is 0 Å². The van der Waals surface area contributed by atoms with Crippen molar-refractivity contribution in [2.45, 2.75) is 43.4 Å². The van der Waals surface area contributed by atoms with Crippen LogP contribution in [0.2, 0.25) is 0 Å². The summed E-state index contributed by atoms with van der Waals surface area (Å²) < 4.78 is 19.1. The number of carbonyl (C=O) groups is 1. The maximum atomic E-state index is 12.7. The molecule has 1 amide bonds. The molecule has 2 aliphatic heterocycles. The summed E-state index contributed by atoms with van der Waals surface area (Å²) in [6.45, 7) is 3.19. The number of aromatic nitrogens is 2. The molecular formula is C17H25N3O4. The lowest BCUT2D eigenvalue weighted by Gasteiger charge is -2.42. The molecule has 0 bridgehead atoms. The summed E-state index contributed by atoms with van der Waals surface area (Å²) in [7, 11) is 0. The van der Waals surface area contributed by atoms with Crippen LogP contribution in [-0.2, 0) is 19.0 Å². The Morgan fingerprint density at radius 1 is 1.21 bits per heavy atom. The van der Waals surface area contributed by atoms with Gasteiger partial charge in [-0.1, -0.05) is 0 Å². The van der Waals surface area contributed by atoms with Gasteiger partial charge < -0.3 is 24.1 Å². The van der Waals surface area contributed by atoms with Crippen LogP contribution in [0.5, 0.6) is 0 Å². The van der Waals surface area contributed by atoms with E-state index in [-0.39, 0.29) is 29.5 Å². The van der Waals surface area contributed by atoms with Crippen molar-refractivity contribution in [1.29, 1.82) is 0 Å². The molecule has 1 aliphatic carbocycles. The van der Waals surface area contributed by atoms with Crippen molar-refractivity contribution in [1.82, 2.24) is 14.9 Å². The molecule has 3 heterocycles. The molecule has 1 aromatic rings. The Hall–Kier alpha value is -1.44. The molecule has 132 valence electrons. The molecule has 0 radical (unpaired) electrons. The number of ether oxygens (including phenoxy) is 3. The highest BCUT2D eigenvalue weighted by atomic mass is 16.6. The van der Waals surface area contributed by atoms with E-state index >= 15 is 0 Å². The van der Waals surface area contributed by atoms with Crippen LogP contribution in [0.15, 0.2) is 18.7 Å². The first kappa shape index (κ1) is 16.1. The van der Waals surface area contributed by atoms with Crippen LogP contribution in [0.25, 0.3) is 0 Å². The molecule has 0 unspecified atom stereocenters. The lowest BCUT2D eigenvalue weighted by atomic mass is 9.78. The largest absolute Gasteiger partial charge is 0.377 e. The second kappa shape index (κ2) is 6.82. The number of nitrogens with zero attached hydrogens (tertiary/aromatic N) is 2. The van der Waals surface area contributed by atoms with E-state index in [0.29, 0.717) is 33.0 Å². The third-order valence-corrected chi connectivity index (χ3v) is 5.55. The average Bonchev–Trinajstić information content (AvgIpc) is 3.27. The van der Waals surface area contributed by atoms with Crippen LogP contribution in [-0.4, -0.2) is 60.1 Å². The highest BCUT2D eigenvalue weighted by Gasteiger charge is 2.41. The van der Waals surface area contributed by atoms with E-state index in [2.05, 4.69) is 10.3 Å². The zero-order valence-electron chi connectivity index (χ0n) is 13.9. The maximum absolute atomic E-state index is 12.7. The molecule has 1 spiro atoms. The Kier molecular flexibility index (Phi) is 4.56. The zero-order valence-corrected chi connectivity index (χ0v) is 13.9. The number of carbonyl (C=O) groups excluding carboxylic acids is 1. The minimum absolute atomic E-state index is 0.0110. The molecule has 3 aliphatic rings. The predicted octanol–water partition coefficient (Wildman–Crippen LogP) is 0.915. The smallest absolute Gasteiger partial charge is 0.223 e. The lowest BCUT2D eigenvalue weighted by Crippen LogP contribution is -2.49. The second-order valence-corrected chi connectivity index (χ2v) is 7.09. The highest BCUT2D eigenvalue weighted by molar-refractivity contribution is 5.79. The van der Waals surface area contributed by atoms with E-state index < -0.39 is 0 Å². The number of imidazole rings is 1. The quantitative estimate of drug-likeness (QED) is 0.889. The van der Waals surface area contributed by atoms with Crippen molar-refractivity contribution in [2.24, 2.45) is 5.92 Å². The lowest BCUT2D eigenvalue weighted by molar-refractivity contribution is -0.176. The minimum Gasteiger partial charge on any atom is -0.377 e. The second-order valence-electron chi connectivity index (χ2n) is 7.09. The summed E-state index contributed by atoms with van der Waals surface area (Å²) in [4.78, 5) is 16.8. The molecule has 2 saturated heterocycles. The van der Waals surface area contributed by atoms with Gasteiger partial charge in [-0.15, -0.1) is 0 Å². The van der Waals surface area contributed by atoms with Crippen molar-refractivity contribution >= 4 is 5.91 Å². The molecule has 3 fully saturated rings. The van der Waals surface area contributed by atoms with E-state index in [0.717, 1.165) is 25.7 Å². The first-order valence-corrected chi connectivity index (χ1v) is 8.83. The first-order valence-electron chi connectivity index (χ1n) is 8.83. The summed E-state index contributed by atoms with van der Waals surface area (Å²) in [5.41, 5.74) is -0.148. The maximum Gasteiger partial charge on any atom is 0.223 e. The predicted molar refractivity (Wildman–Crippen MR) is 85.5 cm³/mol. The van der Waals surface area contributed by atoms with Gasteiger partial charge in [-0.05, 0) is 25.7 Å². The van der Waals surface area contributed by atoms with Gasteiger partial charge in [0.25, 0.3) is 0 Å². The average molecular weight is 335 g/mol. The number of hydrogen-bond acceptors (Lipinski definition) is 5. The number of hydrogen-bond donors (Lipinski definition) is 1. The fraction of sp³-hybridized carbons (Fsp3) is 0.765. The Labute approximate surface area is 141 Å². The van der Waals surface area contributed by atoms with Crippen LogP contribution in [0.4, 0.5) is 0 Å². The summed E-state index contributed by atoms with van der Waals surface area (Å²) in [5, 5.41) is 3.19. The van der Waals surface area contributed by atoms with Gasteiger partial charge in [-0.25, -0.2) is 4.98 Å². The van der Waals surface area contributed by atoms with Crippen LogP contribution < -0.4 is 5.32 Å². The van der Waals surface area contributed by atoms with Crippen LogP contribution in [0.1, 0.15) is 31.7 Å². The summed E-state index contributed by atoms with van der Waals surface area (Å²) >= 11 is 0. The Morgan fingerprint density at radius 2 is 2.08 bits per heavy atom. The van der Waals surface area contributed by atoms with E-state index in [4.69, 9.17) is 14.2 Å². The van der Waals surface area contributed by atoms with Crippen molar-refractivity contribution in [2.75, 3.05) is 33.0 Å². The minimum atomic E-state index is -0.148. The zero-order chi connectivity index (χ0) is 16.4. The van der Waals surface area contributed by atoms with Crippen molar-refractivity contribution in [3.63, 3.8) is 0 Å². The Morgan fingerprint density at radius 3 is 2.79 bits per heavy atom. The van der Waals surface area contributed by atoms with Gasteiger partial charge in [0.05, 0.1) is 57.0 Å². The van der Waals surface area contributed by atoms with Gasteiger partial charge in [0.1, 0.15) is 0 Å². The topological polar surface area (TPSA) is 74.6 Å². The van der Waals surface area contributed by atoms with Crippen molar-refractivity contribution in [3.8, 4) is 0 Å². The van der Waals surface area contributed by atoms with Crippen LogP contribution >= 0.6 is 0 Å². The van der Waals surface area contributed by atoms with E-state index in [1.54, 1.807) is 12.5 Å². The fourth-order valence-electron chi connectivity index (χ4n) is 4.05. The molecule has 7 nitrogen and oxygen atoms in total. The third-order valence-electron chi connectivity index (χ3n) is 5.55. The van der Waals surface area contributed by atoms with Crippen LogP contribution in [0, 0.1) is 5.92 Å². The van der Waals surface area contributed by atoms with E-state index in [1.165, 1.54) is 0 Å². The summed E-state index contributed by atoms with van der Waals surface area (Å²) in [6.07, 6.45) is 8.97. The molecule has 2 atom stereocenters. The Bertz CT molecular complexity index is 546. The third kappa shape index (κ3) is 3.20. The molecule has 4 rings (SSSR count). The standard InChI is InChI=1S/C17H25N3O4/c21-16(13-1-3-17(4-2-13)11-22-7-8-24-17)19-14-9-23-10-15(14)20-6-5-18-12-20/h5-6,12-15H,1-4,7-11H2,(H,19,21)/t13?,14-,15+,17?/m1/s1. The molecule has 1 aromatic heterocycles. The van der Waals surface area contributed by atoms with Gasteiger partial charge in [-0.2, -0.15) is 0 Å². The fourth-order valence-corrected chi connectivity index (χ4v) is 4.05.